The second kappa shape index (κ2) is 20.8. The number of benzene rings is 7. The van der Waals surface area contributed by atoms with Crippen LogP contribution in [0.3, 0.4) is 0 Å². The third-order valence-electron chi connectivity index (χ3n) is 11.4. The van der Waals surface area contributed by atoms with Gasteiger partial charge in [0.1, 0.15) is 32.9 Å². The van der Waals surface area contributed by atoms with E-state index in [9.17, 15) is 57.1 Å². The summed E-state index contributed by atoms with van der Waals surface area (Å²) in [4.78, 5) is 7.37. The minimum atomic E-state index is -5.00. The van der Waals surface area contributed by atoms with E-state index in [1.165, 1.54) is 48.5 Å². The number of hydrogen-bond acceptors (Lipinski definition) is 20. The Balaban J connectivity index is 1.08. The van der Waals surface area contributed by atoms with Crippen molar-refractivity contribution >= 4 is 129 Å². The van der Waals surface area contributed by atoms with Crippen LogP contribution in [0.5, 0.6) is 0 Å². The number of nitrogens with zero attached hydrogens (tertiary/aromatic N) is 9. The molecule has 0 radical (unpaired) electrons. The monoisotopic (exact) mass is 1130 g/mol. The fraction of sp³-hybridized carbons (Fsp3) is 0.0408. The summed E-state index contributed by atoms with van der Waals surface area (Å²) in [6, 6.07) is 36.1. The first-order valence-electron chi connectivity index (χ1n) is 21.9. The summed E-state index contributed by atoms with van der Waals surface area (Å²) >= 11 is 1.01. The molecule has 0 spiro atoms. The topological polar surface area (TPSA) is 365 Å². The van der Waals surface area contributed by atoms with Gasteiger partial charge in [0.15, 0.2) is 16.6 Å². The summed E-state index contributed by atoms with van der Waals surface area (Å²) in [5.74, 6) is 0.00901. The largest absolute Gasteiger partial charge is 0.339 e. The minimum absolute atomic E-state index is 0.00199. The van der Waals surface area contributed by atoms with Gasteiger partial charge >= 0.3 is 0 Å². The van der Waals surface area contributed by atoms with Crippen molar-refractivity contribution in [1.82, 2.24) is 9.97 Å². The zero-order valence-electron chi connectivity index (χ0n) is 39.4. The van der Waals surface area contributed by atoms with Crippen LogP contribution >= 0.6 is 11.3 Å². The fourth-order valence-corrected chi connectivity index (χ4v) is 11.0. The van der Waals surface area contributed by atoms with Crippen LogP contribution in [-0.4, -0.2) is 61.9 Å². The highest BCUT2D eigenvalue weighted by Gasteiger charge is 2.25. The Morgan fingerprint density at radius 1 is 0.545 bits per heavy atom. The van der Waals surface area contributed by atoms with Crippen LogP contribution in [0, 0.1) is 25.2 Å². The van der Waals surface area contributed by atoms with Crippen LogP contribution in [0.25, 0.3) is 32.8 Å². The number of aryl methyl sites for hydroxylation is 1. The minimum Gasteiger partial charge on any atom is -0.339 e. The maximum atomic E-state index is 12.6. The molecule has 6 N–H and O–H groups in total. The molecule has 0 amide bonds. The third kappa shape index (κ3) is 11.8. The number of thiazole rings is 1. The number of pyridine rings is 1. The first-order chi connectivity index (χ1) is 36.4. The molecular formula is C49H35N11O12S5. The van der Waals surface area contributed by atoms with E-state index in [0.29, 0.717) is 27.5 Å². The lowest BCUT2D eigenvalue weighted by molar-refractivity contribution is 0.481. The zero-order valence-corrected chi connectivity index (χ0v) is 43.5. The normalized spacial score (nSPS) is 12.5. The number of hydrogen-bond donors (Lipinski definition) is 6. The lowest BCUT2D eigenvalue weighted by atomic mass is 10.1. The van der Waals surface area contributed by atoms with Gasteiger partial charge in [-0.2, -0.15) is 44.0 Å². The molecule has 9 aromatic rings. The molecule has 0 fully saturated rings. The Morgan fingerprint density at radius 2 is 1.17 bits per heavy atom. The first-order valence-corrected chi connectivity index (χ1v) is 28.5. The number of rotatable bonds is 15. The predicted octanol–water partition coefficient (Wildman–Crippen LogP) is 12.7. The highest BCUT2D eigenvalue weighted by atomic mass is 32.2. The maximum Gasteiger partial charge on any atom is 0.297 e. The number of fused-ring (bicyclic) bond motifs is 2. The summed E-state index contributed by atoms with van der Waals surface area (Å²) in [6.45, 7) is 3.26. The average molecular weight is 1130 g/mol. The summed E-state index contributed by atoms with van der Waals surface area (Å²) in [5.41, 5.74) is 2.72. The number of aromatic nitrogens is 2. The van der Waals surface area contributed by atoms with Gasteiger partial charge < -0.3 is 10.6 Å². The lowest BCUT2D eigenvalue weighted by Crippen LogP contribution is -2.05. The van der Waals surface area contributed by atoms with E-state index in [2.05, 4.69) is 52.4 Å². The Hall–Kier alpha value is -8.63. The van der Waals surface area contributed by atoms with Gasteiger partial charge in [0.05, 0.1) is 26.7 Å². The molecule has 0 aliphatic carbocycles. The smallest absolute Gasteiger partial charge is 0.297 e. The molecule has 0 atom stereocenters. The Bertz CT molecular complexity index is 4490. The molecule has 28 heteroatoms. The van der Waals surface area contributed by atoms with E-state index in [0.717, 1.165) is 58.5 Å². The van der Waals surface area contributed by atoms with E-state index in [1.807, 2.05) is 42.5 Å². The standard InChI is InChI=1S/C49H35N11O12S5/c1-27-24-34(16-22-40(27)56-57-41-23-21-37-38(45(41)77(70,71)72)8-5-9-42(37)76(67,68)69)55-59-48-44(31-11-10-29-6-3-4-7-30(29)25-31)53-49(73-48)60-58-43-28(2)39(26-50)46(51-32-12-17-35(18-13-32)74(61,62)63)54-47(43)52-33-14-19-36(20-15-33)75(64,65)66/h3-25H,1-2H3,(H2,51,52,54)(H,61,62,63)(H,64,65,66)(H,67,68,69)(H,70,71,72). The molecule has 0 unspecified atom stereocenters. The third-order valence-corrected chi connectivity index (χ3v) is 15.8. The van der Waals surface area contributed by atoms with Crippen molar-refractivity contribution in [2.24, 2.45) is 30.7 Å². The molecule has 0 bridgehead atoms. The van der Waals surface area contributed by atoms with E-state index < -0.39 is 50.3 Å². The van der Waals surface area contributed by atoms with Crippen LogP contribution in [0.1, 0.15) is 16.7 Å². The van der Waals surface area contributed by atoms with Crippen molar-refractivity contribution < 1.29 is 51.9 Å². The van der Waals surface area contributed by atoms with Crippen molar-refractivity contribution in [3.05, 3.63) is 156 Å². The van der Waals surface area contributed by atoms with Gasteiger partial charge in [-0.15, -0.1) is 25.6 Å². The fourth-order valence-electron chi connectivity index (χ4n) is 7.74. The van der Waals surface area contributed by atoms with Gasteiger partial charge in [0, 0.05) is 33.3 Å². The second-order valence-electron chi connectivity index (χ2n) is 16.5. The van der Waals surface area contributed by atoms with Crippen LogP contribution in [0.4, 0.5) is 55.9 Å². The van der Waals surface area contributed by atoms with Crippen molar-refractivity contribution in [3.8, 4) is 17.3 Å². The quantitative estimate of drug-likeness (QED) is 0.0410. The molecule has 2 heterocycles. The summed E-state index contributed by atoms with van der Waals surface area (Å²) in [7, 11) is -18.8. The molecule has 0 saturated carbocycles. The van der Waals surface area contributed by atoms with Gasteiger partial charge in [-0.1, -0.05) is 65.9 Å². The Morgan fingerprint density at radius 3 is 1.78 bits per heavy atom. The summed E-state index contributed by atoms with van der Waals surface area (Å²) in [6.07, 6.45) is 0. The summed E-state index contributed by atoms with van der Waals surface area (Å²) < 4.78 is 135. The average Bonchev–Trinajstić information content (AvgIpc) is 3.79. The van der Waals surface area contributed by atoms with Crippen LogP contribution in [0.2, 0.25) is 0 Å². The van der Waals surface area contributed by atoms with Gasteiger partial charge in [0.25, 0.3) is 40.5 Å². The molecule has 77 heavy (non-hydrogen) atoms. The number of nitrogens with one attached hydrogen (secondary N) is 2. The Labute approximate surface area is 442 Å². The highest BCUT2D eigenvalue weighted by molar-refractivity contribution is 7.87. The maximum absolute atomic E-state index is 12.6. The van der Waals surface area contributed by atoms with Crippen LogP contribution < -0.4 is 10.6 Å². The van der Waals surface area contributed by atoms with Crippen molar-refractivity contribution in [2.45, 2.75) is 33.4 Å². The van der Waals surface area contributed by atoms with Crippen LogP contribution in [0.15, 0.2) is 190 Å². The van der Waals surface area contributed by atoms with Crippen molar-refractivity contribution in [2.75, 3.05) is 10.6 Å². The van der Waals surface area contributed by atoms with Crippen molar-refractivity contribution in [3.63, 3.8) is 0 Å². The van der Waals surface area contributed by atoms with Gasteiger partial charge in [-0.25, -0.2) is 9.97 Å². The lowest BCUT2D eigenvalue weighted by Gasteiger charge is -2.16. The molecular weight excluding hydrogens is 1090 g/mol. The van der Waals surface area contributed by atoms with Gasteiger partial charge in [-0.3, -0.25) is 18.2 Å². The van der Waals surface area contributed by atoms with E-state index in [-0.39, 0.29) is 76.9 Å². The van der Waals surface area contributed by atoms with Crippen LogP contribution in [-0.2, 0) is 40.5 Å². The molecule has 9 rings (SSSR count). The molecule has 2 aromatic heterocycles. The van der Waals surface area contributed by atoms with E-state index in [1.54, 1.807) is 26.0 Å². The van der Waals surface area contributed by atoms with Gasteiger partial charge in [0.2, 0.25) is 5.13 Å². The molecule has 388 valence electrons. The number of nitriles is 1. The summed E-state index contributed by atoms with van der Waals surface area (Å²) in [5, 5.41) is 44.6. The molecule has 7 aromatic carbocycles. The molecule has 0 aliphatic rings. The zero-order chi connectivity index (χ0) is 55.0. The SMILES string of the molecule is Cc1cc(N=Nc2sc(N=Nc3c(Nc4ccc(S(=O)(=O)O)cc4)nc(Nc4ccc(S(=O)(=O)O)cc4)c(C#N)c3C)nc2-c2ccc3ccccc3c2)ccc1N=Nc1ccc2c(S(=O)(=O)O)cccc2c1S(=O)(=O)O. The molecule has 0 aliphatic heterocycles. The van der Waals surface area contributed by atoms with E-state index >= 15 is 0 Å². The number of anilines is 4. The molecule has 0 saturated heterocycles. The first kappa shape index (κ1) is 53.2. The predicted molar refractivity (Wildman–Crippen MR) is 285 cm³/mol. The second-order valence-corrected chi connectivity index (χ2v) is 23.1. The highest BCUT2D eigenvalue weighted by Crippen LogP contribution is 2.44. The number of azo groups is 3. The molecule has 23 nitrogen and oxygen atoms in total. The Kier molecular flexibility index (Phi) is 14.4. The van der Waals surface area contributed by atoms with E-state index in [4.69, 9.17) is 4.98 Å². The van der Waals surface area contributed by atoms with Crippen molar-refractivity contribution in [1.29, 1.82) is 5.26 Å². The van der Waals surface area contributed by atoms with Gasteiger partial charge in [-0.05, 0) is 115 Å².